The minimum Gasteiger partial charge on any atom is -0.480 e. The Balaban J connectivity index is 2.82. The van der Waals surface area contributed by atoms with E-state index in [1.165, 1.54) is 10.9 Å². The molecule has 0 radical (unpaired) electrons. The Labute approximate surface area is 104 Å². The van der Waals surface area contributed by atoms with Gasteiger partial charge in [0.05, 0.1) is 12.7 Å². The normalized spacial score (nSPS) is 11.6. The first-order valence-electron chi connectivity index (χ1n) is 5.14. The number of aromatic nitrogens is 2. The highest BCUT2D eigenvalue weighted by Crippen LogP contribution is 2.11. The zero-order valence-corrected chi connectivity index (χ0v) is 9.91. The Morgan fingerprint density at radius 1 is 1.72 bits per heavy atom. The summed E-state index contributed by atoms with van der Waals surface area (Å²) in [4.78, 5) is 23.6. The van der Waals surface area contributed by atoms with E-state index in [1.54, 1.807) is 13.2 Å². The molecule has 1 aromatic heterocycles. The Hall–Kier alpha value is -2.33. The molecule has 0 aliphatic rings. The van der Waals surface area contributed by atoms with Gasteiger partial charge >= 0.3 is 5.97 Å². The van der Waals surface area contributed by atoms with Crippen molar-refractivity contribution < 1.29 is 14.7 Å². The molecule has 7 heteroatoms. The Kier molecular flexibility index (Phi) is 4.45. The molecule has 0 aliphatic heterocycles. The van der Waals surface area contributed by atoms with Crippen molar-refractivity contribution in [3.63, 3.8) is 0 Å². The largest absolute Gasteiger partial charge is 0.480 e. The smallest absolute Gasteiger partial charge is 0.323 e. The summed E-state index contributed by atoms with van der Waals surface area (Å²) in [6, 6.07) is -0.966. The molecular weight excluding hydrogens is 236 g/mol. The van der Waals surface area contributed by atoms with Gasteiger partial charge in [0.25, 0.3) is 0 Å². The number of hydrogen-bond acceptors (Lipinski definition) is 4. The molecule has 1 rings (SSSR count). The van der Waals surface area contributed by atoms with Crippen molar-refractivity contribution in [3.8, 4) is 12.3 Å². The van der Waals surface area contributed by atoms with E-state index < -0.39 is 24.5 Å². The van der Waals surface area contributed by atoms with Gasteiger partial charge < -0.3 is 15.7 Å². The highest BCUT2D eigenvalue weighted by atomic mass is 16.4. The average molecular weight is 250 g/mol. The maximum absolute atomic E-state index is 12.0. The van der Waals surface area contributed by atoms with Gasteiger partial charge in [0.2, 0.25) is 5.91 Å². The minimum absolute atomic E-state index is 0.0981. The van der Waals surface area contributed by atoms with Gasteiger partial charge in [-0.25, -0.2) is 0 Å². The Bertz CT molecular complexity index is 489. The van der Waals surface area contributed by atoms with Crippen molar-refractivity contribution in [2.45, 2.75) is 6.04 Å². The first-order valence-corrected chi connectivity index (χ1v) is 5.14. The van der Waals surface area contributed by atoms with E-state index in [4.69, 9.17) is 17.3 Å². The zero-order valence-electron chi connectivity index (χ0n) is 9.91. The van der Waals surface area contributed by atoms with Crippen LogP contribution in [0.25, 0.3) is 0 Å². The lowest BCUT2D eigenvalue weighted by Gasteiger charge is -2.21. The summed E-state index contributed by atoms with van der Waals surface area (Å²) < 4.78 is 1.51. The maximum Gasteiger partial charge on any atom is 0.323 e. The number of aliphatic carboxylic acids is 1. The Morgan fingerprint density at radius 2 is 2.39 bits per heavy atom. The van der Waals surface area contributed by atoms with Crippen LogP contribution in [-0.2, 0) is 16.6 Å². The topological polar surface area (TPSA) is 101 Å². The number of carboxylic acids is 1. The molecule has 0 aliphatic carbocycles. The van der Waals surface area contributed by atoms with Crippen molar-refractivity contribution in [2.75, 3.05) is 13.1 Å². The highest BCUT2D eigenvalue weighted by molar-refractivity contribution is 5.86. The van der Waals surface area contributed by atoms with E-state index in [9.17, 15) is 9.59 Å². The number of nitrogens with zero attached hydrogens (tertiary/aromatic N) is 3. The lowest BCUT2D eigenvalue weighted by Crippen LogP contribution is -2.41. The maximum atomic E-state index is 12.0. The van der Waals surface area contributed by atoms with Crippen LogP contribution < -0.4 is 5.73 Å². The van der Waals surface area contributed by atoms with Gasteiger partial charge in [0, 0.05) is 18.8 Å². The molecule has 0 saturated heterocycles. The molecule has 0 bridgehead atoms. The third-order valence-corrected chi connectivity index (χ3v) is 2.27. The van der Waals surface area contributed by atoms with Crippen LogP contribution in [0.3, 0.4) is 0 Å². The second kappa shape index (κ2) is 5.84. The molecule has 7 nitrogen and oxygen atoms in total. The molecule has 0 fully saturated rings. The van der Waals surface area contributed by atoms with E-state index >= 15 is 0 Å². The lowest BCUT2D eigenvalue weighted by molar-refractivity contribution is -0.144. The SMILES string of the molecule is C#CCN(CC(=O)O)C(=O)C(N)c1cnn(C)c1. The first-order chi connectivity index (χ1) is 8.45. The standard InChI is InChI=1S/C11H14N4O3/c1-3-4-15(7-9(16)17)11(18)10(12)8-5-13-14(2)6-8/h1,5-6,10H,4,7,12H2,2H3,(H,16,17). The van der Waals surface area contributed by atoms with E-state index in [1.807, 2.05) is 0 Å². The second-order valence-electron chi connectivity index (χ2n) is 3.72. The van der Waals surface area contributed by atoms with Crippen LogP contribution in [0.2, 0.25) is 0 Å². The summed E-state index contributed by atoms with van der Waals surface area (Å²) in [6.45, 7) is -0.573. The number of hydrogen-bond donors (Lipinski definition) is 2. The van der Waals surface area contributed by atoms with Gasteiger partial charge in [-0.15, -0.1) is 6.42 Å². The summed E-state index contributed by atoms with van der Waals surface area (Å²) in [5, 5.41) is 12.6. The molecule has 0 aromatic carbocycles. The molecule has 1 heterocycles. The fourth-order valence-electron chi connectivity index (χ4n) is 1.43. The van der Waals surface area contributed by atoms with Crippen LogP contribution >= 0.6 is 0 Å². The van der Waals surface area contributed by atoms with Crippen molar-refractivity contribution in [1.29, 1.82) is 0 Å². The second-order valence-corrected chi connectivity index (χ2v) is 3.72. The van der Waals surface area contributed by atoms with Gasteiger partial charge in [0.1, 0.15) is 12.6 Å². The van der Waals surface area contributed by atoms with E-state index in [-0.39, 0.29) is 6.54 Å². The summed E-state index contributed by atoms with van der Waals surface area (Å²) in [5.74, 6) is 0.551. The third kappa shape index (κ3) is 3.33. The van der Waals surface area contributed by atoms with E-state index in [2.05, 4.69) is 11.0 Å². The molecule has 1 atom stereocenters. The van der Waals surface area contributed by atoms with E-state index in [0.717, 1.165) is 4.90 Å². The van der Waals surface area contributed by atoms with Gasteiger partial charge in [0.15, 0.2) is 0 Å². The number of terminal acetylenes is 1. The summed E-state index contributed by atoms with van der Waals surface area (Å²) in [6.07, 6.45) is 8.14. The average Bonchev–Trinajstić information content (AvgIpc) is 2.73. The van der Waals surface area contributed by atoms with Crippen molar-refractivity contribution >= 4 is 11.9 Å². The van der Waals surface area contributed by atoms with Crippen molar-refractivity contribution in [3.05, 3.63) is 18.0 Å². The first kappa shape index (κ1) is 13.7. The fourth-order valence-corrected chi connectivity index (χ4v) is 1.43. The third-order valence-electron chi connectivity index (χ3n) is 2.27. The quantitative estimate of drug-likeness (QED) is 0.650. The minimum atomic E-state index is -1.14. The predicted octanol–water partition coefficient (Wildman–Crippen LogP) is -1.03. The van der Waals surface area contributed by atoms with Gasteiger partial charge in [-0.1, -0.05) is 5.92 Å². The van der Waals surface area contributed by atoms with Gasteiger partial charge in [-0.2, -0.15) is 5.10 Å². The number of carbonyl (C=O) groups excluding carboxylic acids is 1. The highest BCUT2D eigenvalue weighted by Gasteiger charge is 2.24. The molecule has 0 spiro atoms. The van der Waals surface area contributed by atoms with Crippen LogP contribution in [0.5, 0.6) is 0 Å². The molecule has 3 N–H and O–H groups in total. The predicted molar refractivity (Wildman–Crippen MR) is 63.2 cm³/mol. The summed E-state index contributed by atoms with van der Waals surface area (Å²) in [5.41, 5.74) is 6.26. The van der Waals surface area contributed by atoms with Crippen molar-refractivity contribution in [1.82, 2.24) is 14.7 Å². The zero-order chi connectivity index (χ0) is 13.7. The monoisotopic (exact) mass is 250 g/mol. The molecule has 1 unspecified atom stereocenters. The lowest BCUT2D eigenvalue weighted by atomic mass is 10.1. The van der Waals surface area contributed by atoms with E-state index in [0.29, 0.717) is 5.56 Å². The molecule has 0 saturated carbocycles. The van der Waals surface area contributed by atoms with Crippen LogP contribution in [0.4, 0.5) is 0 Å². The fraction of sp³-hybridized carbons (Fsp3) is 0.364. The van der Waals surface area contributed by atoms with Crippen LogP contribution in [0.15, 0.2) is 12.4 Å². The van der Waals surface area contributed by atoms with Crippen molar-refractivity contribution in [2.24, 2.45) is 12.8 Å². The number of amides is 1. The van der Waals surface area contributed by atoms with Crippen LogP contribution in [-0.4, -0.2) is 44.8 Å². The molecule has 18 heavy (non-hydrogen) atoms. The summed E-state index contributed by atoms with van der Waals surface area (Å²) >= 11 is 0. The number of rotatable bonds is 5. The van der Waals surface area contributed by atoms with Crippen LogP contribution in [0, 0.1) is 12.3 Å². The molecular formula is C11H14N4O3. The van der Waals surface area contributed by atoms with Crippen LogP contribution in [0.1, 0.15) is 11.6 Å². The van der Waals surface area contributed by atoms with Gasteiger partial charge in [-0.3, -0.25) is 14.3 Å². The number of nitrogens with two attached hydrogens (primary N) is 1. The number of carboxylic acid groups (broad SMARTS) is 1. The number of aryl methyl sites for hydroxylation is 1. The number of carbonyl (C=O) groups is 2. The summed E-state index contributed by atoms with van der Waals surface area (Å²) in [7, 11) is 1.69. The molecule has 1 amide bonds. The Morgan fingerprint density at radius 3 is 2.83 bits per heavy atom. The molecule has 1 aromatic rings. The molecule has 96 valence electrons. The van der Waals surface area contributed by atoms with Gasteiger partial charge in [-0.05, 0) is 0 Å².